The lowest BCUT2D eigenvalue weighted by Gasteiger charge is -2.35. The highest BCUT2D eigenvalue weighted by molar-refractivity contribution is 7.18. The van der Waals surface area contributed by atoms with Gasteiger partial charge in [0.25, 0.3) is 0 Å². The Balaban J connectivity index is 1.49. The largest absolute Gasteiger partial charge is 0.462 e. The van der Waals surface area contributed by atoms with Gasteiger partial charge in [0.2, 0.25) is 5.91 Å². The summed E-state index contributed by atoms with van der Waals surface area (Å²) in [7, 11) is 0. The molecule has 1 saturated heterocycles. The molecule has 3 rings (SSSR count). The number of hydrogen-bond acceptors (Lipinski definition) is 7. The molecule has 2 aromatic heterocycles. The number of anilines is 2. The molecule has 168 valence electrons. The van der Waals surface area contributed by atoms with E-state index in [-0.39, 0.29) is 19.1 Å². The number of hydrogen-bond donors (Lipinski definition) is 1. The molecule has 0 aliphatic carbocycles. The Morgan fingerprint density at radius 3 is 2.52 bits per heavy atom. The smallest absolute Gasteiger partial charge is 0.417 e. The SMILES string of the molecule is CCOC(=O)c1sc(NC(=O)CN2CCN(c3ccc(C(F)(F)F)cn3)CC2)cc1C. The van der Waals surface area contributed by atoms with E-state index in [9.17, 15) is 22.8 Å². The lowest BCUT2D eigenvalue weighted by Crippen LogP contribution is -2.48. The van der Waals surface area contributed by atoms with E-state index < -0.39 is 17.7 Å². The van der Waals surface area contributed by atoms with Gasteiger partial charge >= 0.3 is 12.1 Å². The van der Waals surface area contributed by atoms with Crippen molar-refractivity contribution in [3.8, 4) is 0 Å². The van der Waals surface area contributed by atoms with Crippen molar-refractivity contribution in [3.63, 3.8) is 0 Å². The van der Waals surface area contributed by atoms with E-state index in [1.807, 2.05) is 9.80 Å². The van der Waals surface area contributed by atoms with Gasteiger partial charge in [-0.05, 0) is 37.6 Å². The van der Waals surface area contributed by atoms with Crippen LogP contribution in [0.2, 0.25) is 0 Å². The summed E-state index contributed by atoms with van der Waals surface area (Å²) in [5, 5.41) is 3.39. The van der Waals surface area contributed by atoms with Gasteiger partial charge < -0.3 is 15.0 Å². The van der Waals surface area contributed by atoms with Gasteiger partial charge in [0.05, 0.1) is 23.7 Å². The van der Waals surface area contributed by atoms with Crippen LogP contribution in [0.4, 0.5) is 24.0 Å². The molecule has 7 nitrogen and oxygen atoms in total. The average Bonchev–Trinajstić information content (AvgIpc) is 3.08. The summed E-state index contributed by atoms with van der Waals surface area (Å²) >= 11 is 1.18. The summed E-state index contributed by atoms with van der Waals surface area (Å²) in [4.78, 5) is 32.5. The summed E-state index contributed by atoms with van der Waals surface area (Å²) in [5.74, 6) is -0.117. The van der Waals surface area contributed by atoms with Crippen LogP contribution in [0.25, 0.3) is 0 Å². The Kier molecular flexibility index (Phi) is 7.16. The standard InChI is InChI=1S/C20H23F3N4O3S/c1-3-30-19(29)18-13(2)10-17(31-18)25-16(28)12-26-6-8-27(9-7-26)15-5-4-14(11-24-15)20(21,22)23/h4-5,10-11H,3,6-9,12H2,1-2H3,(H,25,28). The van der Waals surface area contributed by atoms with E-state index in [0.717, 1.165) is 17.8 Å². The summed E-state index contributed by atoms with van der Waals surface area (Å²) in [6.45, 7) is 6.24. The first kappa shape index (κ1) is 23.0. The first-order valence-corrected chi connectivity index (χ1v) is 10.6. The number of piperazine rings is 1. The van der Waals surface area contributed by atoms with Gasteiger partial charge in [-0.15, -0.1) is 11.3 Å². The van der Waals surface area contributed by atoms with Crippen LogP contribution in [-0.4, -0.2) is 61.1 Å². The van der Waals surface area contributed by atoms with Gasteiger partial charge in [0.15, 0.2) is 0 Å². The number of aromatic nitrogens is 1. The summed E-state index contributed by atoms with van der Waals surface area (Å²) in [5.41, 5.74) is -0.0297. The molecule has 0 spiro atoms. The van der Waals surface area contributed by atoms with Crippen molar-refractivity contribution in [2.75, 3.05) is 49.5 Å². The van der Waals surface area contributed by atoms with Crippen molar-refractivity contribution >= 4 is 34.0 Å². The molecule has 0 unspecified atom stereocenters. The van der Waals surface area contributed by atoms with E-state index >= 15 is 0 Å². The maximum Gasteiger partial charge on any atom is 0.417 e. The summed E-state index contributed by atoms with van der Waals surface area (Å²) in [6, 6.07) is 4.13. The van der Waals surface area contributed by atoms with Crippen molar-refractivity contribution in [3.05, 3.63) is 40.4 Å². The summed E-state index contributed by atoms with van der Waals surface area (Å²) < 4.78 is 43.0. The zero-order valence-electron chi connectivity index (χ0n) is 17.2. The molecule has 11 heteroatoms. The fraction of sp³-hybridized carbons (Fsp3) is 0.450. The molecule has 0 radical (unpaired) electrons. The number of halogens is 3. The van der Waals surface area contributed by atoms with Gasteiger partial charge in [-0.3, -0.25) is 9.69 Å². The maximum absolute atomic E-state index is 12.7. The topological polar surface area (TPSA) is 74.8 Å². The van der Waals surface area contributed by atoms with E-state index in [1.54, 1.807) is 19.9 Å². The molecule has 0 aromatic carbocycles. The first-order chi connectivity index (χ1) is 14.7. The molecule has 3 heterocycles. The van der Waals surface area contributed by atoms with Crippen LogP contribution < -0.4 is 10.2 Å². The van der Waals surface area contributed by atoms with Gasteiger partial charge in [0.1, 0.15) is 10.7 Å². The fourth-order valence-corrected chi connectivity index (χ4v) is 4.18. The van der Waals surface area contributed by atoms with Crippen LogP contribution in [0.15, 0.2) is 24.4 Å². The minimum atomic E-state index is -4.41. The second-order valence-electron chi connectivity index (χ2n) is 7.06. The van der Waals surface area contributed by atoms with Gasteiger partial charge in [-0.25, -0.2) is 9.78 Å². The Morgan fingerprint density at radius 1 is 1.23 bits per heavy atom. The lowest BCUT2D eigenvalue weighted by atomic mass is 10.2. The molecule has 1 amide bonds. The second-order valence-corrected chi connectivity index (χ2v) is 8.11. The Labute approximate surface area is 181 Å². The van der Waals surface area contributed by atoms with Crippen molar-refractivity contribution in [1.82, 2.24) is 9.88 Å². The molecular weight excluding hydrogens is 433 g/mol. The van der Waals surface area contributed by atoms with Crippen LogP contribution in [0.1, 0.15) is 27.7 Å². The average molecular weight is 456 g/mol. The van der Waals surface area contributed by atoms with Crippen LogP contribution in [0, 0.1) is 6.92 Å². The molecule has 1 fully saturated rings. The van der Waals surface area contributed by atoms with Crippen molar-refractivity contribution in [2.45, 2.75) is 20.0 Å². The molecule has 0 saturated carbocycles. The van der Waals surface area contributed by atoms with Gasteiger partial charge in [-0.1, -0.05) is 0 Å². The number of amides is 1. The van der Waals surface area contributed by atoms with E-state index in [0.29, 0.717) is 41.9 Å². The quantitative estimate of drug-likeness (QED) is 0.672. The number of esters is 1. The maximum atomic E-state index is 12.7. The number of pyridine rings is 1. The number of ether oxygens (including phenoxy) is 1. The number of rotatable bonds is 6. The Morgan fingerprint density at radius 2 is 1.94 bits per heavy atom. The number of aryl methyl sites for hydroxylation is 1. The van der Waals surface area contributed by atoms with Crippen LogP contribution >= 0.6 is 11.3 Å². The van der Waals surface area contributed by atoms with Gasteiger partial charge in [0, 0.05) is 32.4 Å². The molecule has 1 aliphatic heterocycles. The van der Waals surface area contributed by atoms with E-state index in [4.69, 9.17) is 4.74 Å². The Hall–Kier alpha value is -2.66. The second kappa shape index (κ2) is 9.65. The molecule has 0 atom stereocenters. The monoisotopic (exact) mass is 456 g/mol. The number of nitrogens with zero attached hydrogens (tertiary/aromatic N) is 3. The molecule has 2 aromatic rings. The molecule has 0 bridgehead atoms. The van der Waals surface area contributed by atoms with Gasteiger partial charge in [-0.2, -0.15) is 13.2 Å². The minimum Gasteiger partial charge on any atom is -0.462 e. The zero-order chi connectivity index (χ0) is 22.6. The number of thiophene rings is 1. The van der Waals surface area contributed by atoms with Crippen molar-refractivity contribution < 1.29 is 27.5 Å². The molecular formula is C20H23F3N4O3S. The van der Waals surface area contributed by atoms with Crippen molar-refractivity contribution in [1.29, 1.82) is 0 Å². The van der Waals surface area contributed by atoms with Crippen LogP contribution in [-0.2, 0) is 15.7 Å². The number of carbonyl (C=O) groups excluding carboxylic acids is 2. The highest BCUT2D eigenvalue weighted by Crippen LogP contribution is 2.30. The zero-order valence-corrected chi connectivity index (χ0v) is 18.0. The number of alkyl halides is 3. The lowest BCUT2D eigenvalue weighted by molar-refractivity contribution is -0.137. The van der Waals surface area contributed by atoms with E-state index in [2.05, 4.69) is 10.3 Å². The Bertz CT molecular complexity index is 923. The van der Waals surface area contributed by atoms with Crippen LogP contribution in [0.3, 0.4) is 0 Å². The predicted molar refractivity (Wildman–Crippen MR) is 112 cm³/mol. The fourth-order valence-electron chi connectivity index (χ4n) is 3.20. The molecule has 1 aliphatic rings. The predicted octanol–water partition coefficient (Wildman–Crippen LogP) is 3.41. The number of carbonyl (C=O) groups is 2. The highest BCUT2D eigenvalue weighted by atomic mass is 32.1. The van der Waals surface area contributed by atoms with E-state index in [1.165, 1.54) is 17.4 Å². The minimum absolute atomic E-state index is 0.181. The highest BCUT2D eigenvalue weighted by Gasteiger charge is 2.31. The van der Waals surface area contributed by atoms with Crippen LogP contribution in [0.5, 0.6) is 0 Å². The molecule has 31 heavy (non-hydrogen) atoms. The third kappa shape index (κ3) is 5.95. The first-order valence-electron chi connectivity index (χ1n) is 9.75. The third-order valence-corrected chi connectivity index (χ3v) is 5.91. The molecule has 1 N–H and O–H groups in total. The number of nitrogens with one attached hydrogen (secondary N) is 1. The van der Waals surface area contributed by atoms with Crippen molar-refractivity contribution in [2.24, 2.45) is 0 Å². The third-order valence-electron chi connectivity index (χ3n) is 4.78. The summed E-state index contributed by atoms with van der Waals surface area (Å²) in [6.07, 6.45) is -3.57. The normalized spacial score (nSPS) is 15.1.